The molecule has 0 rings (SSSR count). The van der Waals surface area contributed by atoms with Crippen LogP contribution in [-0.4, -0.2) is 18.6 Å². The number of rotatable bonds is 3. The van der Waals surface area contributed by atoms with E-state index in [0.717, 1.165) is 0 Å². The smallest absolute Gasteiger partial charge is 0.311 e. The molecule has 3 nitrogen and oxygen atoms in total. The van der Waals surface area contributed by atoms with Gasteiger partial charge >= 0.3 is 5.97 Å². The Morgan fingerprint density at radius 2 is 2.08 bits per heavy atom. The summed E-state index contributed by atoms with van der Waals surface area (Å²) in [5.41, 5.74) is 5.01. The second kappa shape index (κ2) is 6.00. The maximum absolute atomic E-state index is 11.2. The van der Waals surface area contributed by atoms with E-state index in [2.05, 4.69) is 6.58 Å². The number of hydrogen-bond donors (Lipinski definition) is 1. The Bertz CT molecular complexity index is 175. The minimum Gasteiger partial charge on any atom is -0.463 e. The third kappa shape index (κ3) is 6.61. The average Bonchev–Trinajstić information content (AvgIpc) is 1.97. The Morgan fingerprint density at radius 1 is 1.62 bits per heavy atom. The monoisotopic (exact) mass is 207 g/mol. The van der Waals surface area contributed by atoms with Crippen molar-refractivity contribution >= 4 is 18.4 Å². The minimum atomic E-state index is -0.457. The zero-order valence-electron chi connectivity index (χ0n) is 8.37. The largest absolute Gasteiger partial charge is 0.463 e. The number of esters is 1. The SMILES string of the molecule is C=CC(N)COC(=O)C(C)(C)C.Cl. The highest BCUT2D eigenvalue weighted by molar-refractivity contribution is 5.85. The first-order valence-electron chi connectivity index (χ1n) is 3.93. The second-order valence-corrected chi connectivity index (χ2v) is 3.75. The predicted molar refractivity (Wildman–Crippen MR) is 55.8 cm³/mol. The summed E-state index contributed by atoms with van der Waals surface area (Å²) in [4.78, 5) is 11.2. The first kappa shape index (κ1) is 15.0. The van der Waals surface area contributed by atoms with Gasteiger partial charge in [0.25, 0.3) is 0 Å². The van der Waals surface area contributed by atoms with Gasteiger partial charge in [0.2, 0.25) is 0 Å². The van der Waals surface area contributed by atoms with Crippen LogP contribution in [0.15, 0.2) is 12.7 Å². The van der Waals surface area contributed by atoms with Crippen molar-refractivity contribution in [3.8, 4) is 0 Å². The van der Waals surface area contributed by atoms with Gasteiger partial charge in [-0.05, 0) is 20.8 Å². The fourth-order valence-corrected chi connectivity index (χ4v) is 0.456. The van der Waals surface area contributed by atoms with Crippen LogP contribution in [-0.2, 0) is 9.53 Å². The Labute approximate surface area is 85.7 Å². The topological polar surface area (TPSA) is 52.3 Å². The molecular weight excluding hydrogens is 190 g/mol. The van der Waals surface area contributed by atoms with Crippen LogP contribution in [0.4, 0.5) is 0 Å². The van der Waals surface area contributed by atoms with E-state index in [4.69, 9.17) is 10.5 Å². The molecule has 0 aliphatic heterocycles. The van der Waals surface area contributed by atoms with E-state index in [1.54, 1.807) is 26.8 Å². The summed E-state index contributed by atoms with van der Waals surface area (Å²) in [7, 11) is 0. The first-order valence-corrected chi connectivity index (χ1v) is 3.93. The molecule has 0 saturated carbocycles. The maximum Gasteiger partial charge on any atom is 0.311 e. The molecule has 0 aliphatic carbocycles. The summed E-state index contributed by atoms with van der Waals surface area (Å²) >= 11 is 0. The molecule has 0 spiro atoms. The molecular formula is C9H18ClNO2. The highest BCUT2D eigenvalue weighted by Gasteiger charge is 2.23. The van der Waals surface area contributed by atoms with E-state index in [9.17, 15) is 4.79 Å². The normalized spacial score (nSPS) is 12.6. The van der Waals surface area contributed by atoms with Gasteiger partial charge < -0.3 is 10.5 Å². The first-order chi connectivity index (χ1) is 5.38. The standard InChI is InChI=1S/C9H17NO2.ClH/c1-5-7(10)6-12-8(11)9(2,3)4;/h5,7H,1,6,10H2,2-4H3;1H. The molecule has 1 unspecified atom stereocenters. The molecule has 0 bridgehead atoms. The molecule has 1 atom stereocenters. The van der Waals surface area contributed by atoms with Crippen molar-refractivity contribution in [1.29, 1.82) is 0 Å². The van der Waals surface area contributed by atoms with Crippen LogP contribution in [0.2, 0.25) is 0 Å². The van der Waals surface area contributed by atoms with Gasteiger partial charge in [-0.25, -0.2) is 0 Å². The van der Waals surface area contributed by atoms with Crippen molar-refractivity contribution in [2.24, 2.45) is 11.1 Å². The summed E-state index contributed by atoms with van der Waals surface area (Å²) in [6, 6.07) is -0.267. The highest BCUT2D eigenvalue weighted by Crippen LogP contribution is 2.14. The summed E-state index contributed by atoms with van der Waals surface area (Å²) < 4.78 is 4.92. The van der Waals surface area contributed by atoms with Crippen molar-refractivity contribution in [1.82, 2.24) is 0 Å². The zero-order valence-corrected chi connectivity index (χ0v) is 9.19. The molecule has 13 heavy (non-hydrogen) atoms. The van der Waals surface area contributed by atoms with E-state index in [-0.39, 0.29) is 31.0 Å². The van der Waals surface area contributed by atoms with E-state index in [0.29, 0.717) is 0 Å². The summed E-state index contributed by atoms with van der Waals surface area (Å²) in [5.74, 6) is -0.236. The number of carbonyl (C=O) groups is 1. The van der Waals surface area contributed by atoms with E-state index >= 15 is 0 Å². The molecule has 0 aromatic carbocycles. The van der Waals surface area contributed by atoms with Crippen LogP contribution >= 0.6 is 12.4 Å². The molecule has 0 aromatic rings. The van der Waals surface area contributed by atoms with Crippen LogP contribution < -0.4 is 5.73 Å². The summed E-state index contributed by atoms with van der Waals surface area (Å²) in [6.45, 7) is 9.09. The Kier molecular flexibility index (Phi) is 6.90. The van der Waals surface area contributed by atoms with Crippen LogP contribution in [0.3, 0.4) is 0 Å². The molecule has 0 fully saturated rings. The fourth-order valence-electron chi connectivity index (χ4n) is 0.456. The van der Waals surface area contributed by atoms with Crippen LogP contribution in [0.25, 0.3) is 0 Å². The minimum absolute atomic E-state index is 0. The molecule has 2 N–H and O–H groups in total. The molecule has 0 amide bonds. The number of nitrogens with two attached hydrogens (primary N) is 1. The Balaban J connectivity index is 0. The van der Waals surface area contributed by atoms with Crippen molar-refractivity contribution in [2.75, 3.05) is 6.61 Å². The van der Waals surface area contributed by atoms with E-state index in [1.165, 1.54) is 0 Å². The summed E-state index contributed by atoms with van der Waals surface area (Å²) in [6.07, 6.45) is 1.55. The van der Waals surface area contributed by atoms with Gasteiger partial charge in [0.1, 0.15) is 6.61 Å². The van der Waals surface area contributed by atoms with Gasteiger partial charge in [-0.3, -0.25) is 4.79 Å². The number of ether oxygens (including phenoxy) is 1. The quantitative estimate of drug-likeness (QED) is 0.564. The molecule has 0 radical (unpaired) electrons. The molecule has 0 aromatic heterocycles. The highest BCUT2D eigenvalue weighted by atomic mass is 35.5. The van der Waals surface area contributed by atoms with Crippen molar-refractivity contribution in [2.45, 2.75) is 26.8 Å². The van der Waals surface area contributed by atoms with E-state index < -0.39 is 5.41 Å². The zero-order chi connectivity index (χ0) is 9.78. The Morgan fingerprint density at radius 3 is 2.38 bits per heavy atom. The third-order valence-corrected chi connectivity index (χ3v) is 1.32. The average molecular weight is 208 g/mol. The summed E-state index contributed by atoms with van der Waals surface area (Å²) in [5, 5.41) is 0. The van der Waals surface area contributed by atoms with Crippen molar-refractivity contribution in [3.63, 3.8) is 0 Å². The van der Waals surface area contributed by atoms with Crippen molar-refractivity contribution < 1.29 is 9.53 Å². The maximum atomic E-state index is 11.2. The lowest BCUT2D eigenvalue weighted by molar-refractivity contribution is -0.153. The number of hydrogen-bond acceptors (Lipinski definition) is 3. The molecule has 0 heterocycles. The van der Waals surface area contributed by atoms with Gasteiger partial charge in [-0.1, -0.05) is 6.08 Å². The van der Waals surface area contributed by atoms with Crippen LogP contribution in [0.1, 0.15) is 20.8 Å². The molecule has 0 saturated heterocycles. The van der Waals surface area contributed by atoms with E-state index in [1.807, 2.05) is 0 Å². The number of halogens is 1. The van der Waals surface area contributed by atoms with Gasteiger partial charge in [-0.15, -0.1) is 19.0 Å². The van der Waals surface area contributed by atoms with Crippen LogP contribution in [0, 0.1) is 5.41 Å². The Hall–Kier alpha value is -0.540. The fraction of sp³-hybridized carbons (Fsp3) is 0.667. The van der Waals surface area contributed by atoms with Gasteiger partial charge in [0, 0.05) is 0 Å². The van der Waals surface area contributed by atoms with Crippen molar-refractivity contribution in [3.05, 3.63) is 12.7 Å². The predicted octanol–water partition coefficient (Wildman–Crippen LogP) is 1.51. The molecule has 78 valence electrons. The number of carbonyl (C=O) groups excluding carboxylic acids is 1. The lowest BCUT2D eigenvalue weighted by Gasteiger charge is -2.17. The lowest BCUT2D eigenvalue weighted by atomic mass is 9.97. The second-order valence-electron chi connectivity index (χ2n) is 3.75. The van der Waals surface area contributed by atoms with Gasteiger partial charge in [-0.2, -0.15) is 0 Å². The third-order valence-electron chi connectivity index (χ3n) is 1.32. The van der Waals surface area contributed by atoms with Gasteiger partial charge in [0.05, 0.1) is 11.5 Å². The van der Waals surface area contributed by atoms with Crippen LogP contribution in [0.5, 0.6) is 0 Å². The molecule has 0 aliphatic rings. The molecule has 4 heteroatoms. The lowest BCUT2D eigenvalue weighted by Crippen LogP contribution is -2.30. The van der Waals surface area contributed by atoms with Gasteiger partial charge in [0.15, 0.2) is 0 Å².